The Hall–Kier alpha value is -3.75. The number of hydrogen-bond acceptors (Lipinski definition) is 6. The number of likely N-dealkylation sites (tertiary alicyclic amines) is 1. The number of carbonyl (C=O) groups excluding carboxylic acids is 1. The van der Waals surface area contributed by atoms with Gasteiger partial charge in [-0.3, -0.25) is 9.59 Å². The van der Waals surface area contributed by atoms with Crippen molar-refractivity contribution in [2.45, 2.75) is 39.2 Å². The van der Waals surface area contributed by atoms with Crippen molar-refractivity contribution in [1.82, 2.24) is 29.9 Å². The van der Waals surface area contributed by atoms with Crippen LogP contribution in [0.1, 0.15) is 51.8 Å². The van der Waals surface area contributed by atoms with E-state index in [-0.39, 0.29) is 22.9 Å². The highest BCUT2D eigenvalue weighted by Crippen LogP contribution is 2.26. The van der Waals surface area contributed by atoms with Crippen molar-refractivity contribution in [2.75, 3.05) is 13.1 Å². The average molecular weight is 432 g/mol. The van der Waals surface area contributed by atoms with E-state index in [0.29, 0.717) is 36.9 Å². The molecule has 0 saturated carbocycles. The number of benzene rings is 1. The summed E-state index contributed by atoms with van der Waals surface area (Å²) in [5.41, 5.74) is 3.77. The predicted molar refractivity (Wildman–Crippen MR) is 118 cm³/mol. The van der Waals surface area contributed by atoms with Gasteiger partial charge in [-0.1, -0.05) is 29.0 Å². The van der Waals surface area contributed by atoms with E-state index in [1.807, 2.05) is 13.8 Å². The van der Waals surface area contributed by atoms with Crippen LogP contribution in [0.25, 0.3) is 11.2 Å². The molecule has 0 bridgehead atoms. The van der Waals surface area contributed by atoms with Crippen molar-refractivity contribution in [3.63, 3.8) is 0 Å². The van der Waals surface area contributed by atoms with Gasteiger partial charge in [0.1, 0.15) is 5.82 Å². The Morgan fingerprint density at radius 2 is 2.16 bits per heavy atom. The molecule has 5 rings (SSSR count). The SMILES string of the molecule is Cc1ccc(C)c(Cn2nnc3c(=O)[nH]c([C@H]4CCCN(C(=O)c5ccco5)C4)nc32)c1. The number of aryl methyl sites for hydroxylation is 2. The lowest BCUT2D eigenvalue weighted by molar-refractivity contribution is 0.0672. The molecule has 1 aliphatic rings. The van der Waals surface area contributed by atoms with E-state index >= 15 is 0 Å². The van der Waals surface area contributed by atoms with E-state index in [0.717, 1.165) is 29.5 Å². The Bertz CT molecular complexity index is 1340. The molecule has 0 aliphatic carbocycles. The van der Waals surface area contributed by atoms with Gasteiger partial charge < -0.3 is 14.3 Å². The third kappa shape index (κ3) is 3.70. The highest BCUT2D eigenvalue weighted by Gasteiger charge is 2.29. The zero-order valence-corrected chi connectivity index (χ0v) is 18.0. The van der Waals surface area contributed by atoms with Crippen LogP contribution in [0.15, 0.2) is 45.8 Å². The van der Waals surface area contributed by atoms with Gasteiger partial charge in [0.25, 0.3) is 11.5 Å². The van der Waals surface area contributed by atoms with E-state index in [1.165, 1.54) is 6.26 Å². The minimum atomic E-state index is -0.313. The summed E-state index contributed by atoms with van der Waals surface area (Å²) < 4.78 is 6.93. The van der Waals surface area contributed by atoms with E-state index in [1.54, 1.807) is 21.7 Å². The number of nitrogens with zero attached hydrogens (tertiary/aromatic N) is 5. The fraction of sp³-hybridized carbons (Fsp3) is 0.348. The summed E-state index contributed by atoms with van der Waals surface area (Å²) in [5.74, 6) is 0.649. The normalized spacial score (nSPS) is 16.6. The Balaban J connectivity index is 1.46. The van der Waals surface area contributed by atoms with Crippen LogP contribution < -0.4 is 5.56 Å². The molecule has 0 unspecified atom stereocenters. The minimum Gasteiger partial charge on any atom is -0.459 e. The van der Waals surface area contributed by atoms with Crippen LogP contribution in [0, 0.1) is 13.8 Å². The van der Waals surface area contributed by atoms with Crippen molar-refractivity contribution in [2.24, 2.45) is 0 Å². The minimum absolute atomic E-state index is 0.0798. The van der Waals surface area contributed by atoms with Crippen molar-refractivity contribution in [3.05, 3.63) is 75.2 Å². The third-order valence-electron chi connectivity index (χ3n) is 6.04. The highest BCUT2D eigenvalue weighted by molar-refractivity contribution is 5.91. The van der Waals surface area contributed by atoms with E-state index in [9.17, 15) is 9.59 Å². The molecule has 1 aromatic carbocycles. The molecule has 1 fully saturated rings. The van der Waals surface area contributed by atoms with Gasteiger partial charge in [0.05, 0.1) is 12.8 Å². The number of hydrogen-bond donors (Lipinski definition) is 1. The van der Waals surface area contributed by atoms with Crippen LogP contribution in [-0.4, -0.2) is 48.9 Å². The number of fused-ring (bicyclic) bond motifs is 1. The van der Waals surface area contributed by atoms with E-state index in [2.05, 4.69) is 33.5 Å². The number of aromatic nitrogens is 5. The van der Waals surface area contributed by atoms with Gasteiger partial charge in [-0.15, -0.1) is 5.10 Å². The number of H-pyrrole nitrogens is 1. The Morgan fingerprint density at radius 1 is 1.28 bits per heavy atom. The molecule has 1 aliphatic heterocycles. The Kier molecular flexibility index (Phi) is 5.08. The molecule has 32 heavy (non-hydrogen) atoms. The van der Waals surface area contributed by atoms with Crippen LogP contribution in [0.5, 0.6) is 0 Å². The summed E-state index contributed by atoms with van der Waals surface area (Å²) in [6.45, 7) is 5.68. The molecule has 1 amide bonds. The zero-order chi connectivity index (χ0) is 22.2. The van der Waals surface area contributed by atoms with Crippen LogP contribution in [0.4, 0.5) is 0 Å². The van der Waals surface area contributed by atoms with Gasteiger partial charge in [-0.25, -0.2) is 9.67 Å². The summed E-state index contributed by atoms with van der Waals surface area (Å²) in [4.78, 5) is 34.8. The van der Waals surface area contributed by atoms with Crippen molar-refractivity contribution in [3.8, 4) is 0 Å². The first-order valence-electron chi connectivity index (χ1n) is 10.7. The van der Waals surface area contributed by atoms with Gasteiger partial charge in [0, 0.05) is 19.0 Å². The standard InChI is InChI=1S/C23H24N6O3/c1-14-7-8-15(2)17(11-14)13-29-21-19(26-27-29)22(30)25-20(24-21)16-5-3-9-28(12-16)23(31)18-6-4-10-32-18/h4,6-8,10-11,16H,3,5,9,12-13H2,1-2H3,(H,24,25,30)/t16-/m0/s1. The molecule has 9 nitrogen and oxygen atoms in total. The molecule has 164 valence electrons. The number of nitrogens with one attached hydrogen (secondary N) is 1. The molecule has 3 aromatic heterocycles. The summed E-state index contributed by atoms with van der Waals surface area (Å²) >= 11 is 0. The van der Waals surface area contributed by atoms with Gasteiger partial charge in [-0.2, -0.15) is 0 Å². The molecule has 1 N–H and O–H groups in total. The zero-order valence-electron chi connectivity index (χ0n) is 18.0. The lowest BCUT2D eigenvalue weighted by Gasteiger charge is -2.31. The van der Waals surface area contributed by atoms with E-state index in [4.69, 9.17) is 9.40 Å². The smallest absolute Gasteiger partial charge is 0.289 e. The van der Waals surface area contributed by atoms with E-state index < -0.39 is 0 Å². The fourth-order valence-corrected chi connectivity index (χ4v) is 4.26. The maximum absolute atomic E-state index is 12.7. The molecular weight excluding hydrogens is 408 g/mol. The molecule has 1 saturated heterocycles. The highest BCUT2D eigenvalue weighted by atomic mass is 16.3. The second-order valence-electron chi connectivity index (χ2n) is 8.37. The summed E-state index contributed by atoms with van der Waals surface area (Å²) in [6, 6.07) is 9.61. The molecule has 0 spiro atoms. The molecular formula is C23H24N6O3. The number of piperidine rings is 1. The van der Waals surface area contributed by atoms with Crippen LogP contribution in [0.3, 0.4) is 0 Å². The lowest BCUT2D eigenvalue weighted by atomic mass is 9.97. The number of furan rings is 1. The third-order valence-corrected chi connectivity index (χ3v) is 6.04. The summed E-state index contributed by atoms with van der Waals surface area (Å²) in [7, 11) is 0. The topological polar surface area (TPSA) is 110 Å². The maximum atomic E-state index is 12.7. The first kappa shape index (κ1) is 20.2. The molecule has 4 heterocycles. The van der Waals surface area contributed by atoms with Gasteiger partial charge in [0.2, 0.25) is 0 Å². The molecule has 1 atom stereocenters. The second kappa shape index (κ2) is 8.07. The van der Waals surface area contributed by atoms with Gasteiger partial charge in [-0.05, 0) is 49.9 Å². The Labute approximate surface area is 184 Å². The molecule has 0 radical (unpaired) electrons. The first-order chi connectivity index (χ1) is 15.5. The maximum Gasteiger partial charge on any atom is 0.289 e. The monoisotopic (exact) mass is 432 g/mol. The quantitative estimate of drug-likeness (QED) is 0.531. The van der Waals surface area contributed by atoms with Crippen LogP contribution >= 0.6 is 0 Å². The fourth-order valence-electron chi connectivity index (χ4n) is 4.26. The summed E-state index contributed by atoms with van der Waals surface area (Å²) in [5, 5.41) is 8.25. The molecule has 9 heteroatoms. The van der Waals surface area contributed by atoms with Crippen molar-refractivity contribution in [1.29, 1.82) is 0 Å². The lowest BCUT2D eigenvalue weighted by Crippen LogP contribution is -2.39. The number of carbonyl (C=O) groups is 1. The number of amides is 1. The van der Waals surface area contributed by atoms with Crippen molar-refractivity contribution < 1.29 is 9.21 Å². The van der Waals surface area contributed by atoms with Crippen LogP contribution in [-0.2, 0) is 6.54 Å². The second-order valence-corrected chi connectivity index (χ2v) is 8.37. The van der Waals surface area contributed by atoms with Crippen LogP contribution in [0.2, 0.25) is 0 Å². The number of rotatable bonds is 4. The van der Waals surface area contributed by atoms with Gasteiger partial charge in [0.15, 0.2) is 16.9 Å². The predicted octanol–water partition coefficient (Wildman–Crippen LogP) is 2.79. The Morgan fingerprint density at radius 3 is 2.97 bits per heavy atom. The van der Waals surface area contributed by atoms with Crippen molar-refractivity contribution >= 4 is 17.1 Å². The first-order valence-corrected chi connectivity index (χ1v) is 10.7. The van der Waals surface area contributed by atoms with Gasteiger partial charge >= 0.3 is 0 Å². The number of aromatic amines is 1. The molecule has 4 aromatic rings. The average Bonchev–Trinajstić information content (AvgIpc) is 3.47. The summed E-state index contributed by atoms with van der Waals surface area (Å²) in [6.07, 6.45) is 3.14. The largest absolute Gasteiger partial charge is 0.459 e.